The quantitative estimate of drug-likeness (QED) is 0.670. The topological polar surface area (TPSA) is 20.2 Å². The van der Waals surface area contributed by atoms with Gasteiger partial charge in [0.05, 0.1) is 6.61 Å². The van der Waals surface area contributed by atoms with E-state index >= 15 is 0 Å². The van der Waals surface area contributed by atoms with Crippen molar-refractivity contribution in [1.29, 1.82) is 0 Å². The number of hydrogen-bond acceptors (Lipinski definition) is 1. The Kier molecular flexibility index (Phi) is 5.23. The smallest absolute Gasteiger partial charge is 0.0614 e. The fraction of sp³-hybridized carbons (Fsp3) is 0.900. The third kappa shape index (κ3) is 3.38. The number of aliphatic hydroxyl groups is 1. The molecule has 0 aliphatic heterocycles. The molecule has 1 nitrogen and oxygen atoms in total. The van der Waals surface area contributed by atoms with Crippen LogP contribution in [-0.4, -0.2) is 11.7 Å². The van der Waals surface area contributed by atoms with E-state index in [1.165, 1.54) is 44.1 Å². The average Bonchev–Trinajstić information content (AvgIpc) is 2.37. The molecule has 21 heavy (non-hydrogen) atoms. The van der Waals surface area contributed by atoms with E-state index in [-0.39, 0.29) is 6.61 Å². The minimum Gasteiger partial charge on any atom is -0.392 e. The van der Waals surface area contributed by atoms with Crippen LogP contribution in [0.2, 0.25) is 0 Å². The molecular formula is C20H36O. The molecule has 0 aromatic carbocycles. The molecule has 0 aromatic heterocycles. The van der Waals surface area contributed by atoms with Gasteiger partial charge in [0.15, 0.2) is 0 Å². The molecule has 0 aromatic rings. The Labute approximate surface area is 132 Å². The molecule has 0 unspecified atom stereocenters. The minimum absolute atomic E-state index is 0.193. The van der Waals surface area contributed by atoms with Crippen molar-refractivity contribution in [2.45, 2.75) is 79.6 Å². The van der Waals surface area contributed by atoms with Crippen molar-refractivity contribution in [1.82, 2.24) is 0 Å². The molecule has 2 rings (SSSR count). The van der Waals surface area contributed by atoms with E-state index in [1.54, 1.807) is 0 Å². The van der Waals surface area contributed by atoms with Crippen molar-refractivity contribution in [2.24, 2.45) is 28.6 Å². The van der Waals surface area contributed by atoms with E-state index in [9.17, 15) is 0 Å². The molecule has 0 saturated heterocycles. The Morgan fingerprint density at radius 2 is 1.90 bits per heavy atom. The lowest BCUT2D eigenvalue weighted by molar-refractivity contribution is -0.0957. The Balaban J connectivity index is 2.15. The van der Waals surface area contributed by atoms with Gasteiger partial charge in [0.1, 0.15) is 0 Å². The molecule has 1 heteroatoms. The van der Waals surface area contributed by atoms with Crippen LogP contribution in [-0.2, 0) is 0 Å². The number of aliphatic hydroxyl groups excluding tert-OH is 1. The van der Waals surface area contributed by atoms with Crippen molar-refractivity contribution in [2.75, 3.05) is 6.61 Å². The summed E-state index contributed by atoms with van der Waals surface area (Å²) in [5.41, 5.74) is 2.44. The Bertz CT molecular complexity index is 381. The summed E-state index contributed by atoms with van der Waals surface area (Å²) in [7, 11) is 0. The molecule has 0 bridgehead atoms. The van der Waals surface area contributed by atoms with Crippen LogP contribution in [0.1, 0.15) is 79.6 Å². The lowest BCUT2D eigenvalue weighted by Crippen LogP contribution is -2.51. The van der Waals surface area contributed by atoms with Gasteiger partial charge in [-0.25, -0.2) is 0 Å². The van der Waals surface area contributed by atoms with Crippen LogP contribution in [0.25, 0.3) is 0 Å². The SMILES string of the molecule is C/C(=C/CO)CC[C@@H]1[C@H](C)CC[C@H]2C(C)(C)CCC[C@@]12C. The van der Waals surface area contributed by atoms with Crippen LogP contribution >= 0.6 is 0 Å². The van der Waals surface area contributed by atoms with Gasteiger partial charge in [-0.05, 0) is 67.6 Å². The van der Waals surface area contributed by atoms with Gasteiger partial charge >= 0.3 is 0 Å². The van der Waals surface area contributed by atoms with E-state index in [4.69, 9.17) is 5.11 Å². The van der Waals surface area contributed by atoms with E-state index in [0.29, 0.717) is 10.8 Å². The third-order valence-electron chi connectivity index (χ3n) is 7.01. The van der Waals surface area contributed by atoms with Gasteiger partial charge in [-0.3, -0.25) is 0 Å². The summed E-state index contributed by atoms with van der Waals surface area (Å²) in [6.45, 7) is 12.5. The Morgan fingerprint density at radius 1 is 1.19 bits per heavy atom. The number of rotatable bonds is 4. The lowest BCUT2D eigenvalue weighted by atomic mass is 9.46. The molecule has 4 atom stereocenters. The molecule has 122 valence electrons. The van der Waals surface area contributed by atoms with Crippen LogP contribution in [0.3, 0.4) is 0 Å². The molecule has 2 aliphatic carbocycles. The van der Waals surface area contributed by atoms with Crippen LogP contribution < -0.4 is 0 Å². The molecule has 2 aliphatic rings. The summed E-state index contributed by atoms with van der Waals surface area (Å²) in [6, 6.07) is 0. The maximum Gasteiger partial charge on any atom is 0.0614 e. The predicted molar refractivity (Wildman–Crippen MR) is 91.2 cm³/mol. The monoisotopic (exact) mass is 292 g/mol. The van der Waals surface area contributed by atoms with Gasteiger partial charge in [-0.15, -0.1) is 0 Å². The summed E-state index contributed by atoms with van der Waals surface area (Å²) in [5, 5.41) is 9.06. The van der Waals surface area contributed by atoms with Crippen molar-refractivity contribution in [3.05, 3.63) is 11.6 Å². The highest BCUT2D eigenvalue weighted by Crippen LogP contribution is 2.62. The van der Waals surface area contributed by atoms with Gasteiger partial charge < -0.3 is 5.11 Å². The zero-order valence-electron chi connectivity index (χ0n) is 14.9. The zero-order chi connectivity index (χ0) is 15.7. The highest BCUT2D eigenvalue weighted by atomic mass is 16.2. The predicted octanol–water partition coefficient (Wildman–Crippen LogP) is 5.58. The van der Waals surface area contributed by atoms with Crippen LogP contribution in [0.15, 0.2) is 11.6 Å². The van der Waals surface area contributed by atoms with Crippen molar-refractivity contribution >= 4 is 0 Å². The third-order valence-corrected chi connectivity index (χ3v) is 7.01. The second-order valence-electron chi connectivity index (χ2n) is 8.83. The molecule has 2 fully saturated rings. The highest BCUT2D eigenvalue weighted by molar-refractivity contribution is 5.05. The fourth-order valence-corrected chi connectivity index (χ4v) is 5.87. The van der Waals surface area contributed by atoms with E-state index in [0.717, 1.165) is 24.2 Å². The number of fused-ring (bicyclic) bond motifs is 1. The van der Waals surface area contributed by atoms with E-state index in [1.807, 2.05) is 6.08 Å². The Hall–Kier alpha value is -0.300. The molecule has 0 radical (unpaired) electrons. The second-order valence-corrected chi connectivity index (χ2v) is 8.83. The van der Waals surface area contributed by atoms with E-state index in [2.05, 4.69) is 34.6 Å². The lowest BCUT2D eigenvalue weighted by Gasteiger charge is -2.59. The molecular weight excluding hydrogens is 256 g/mol. The molecule has 0 amide bonds. The molecule has 1 N–H and O–H groups in total. The number of hydrogen-bond donors (Lipinski definition) is 1. The van der Waals surface area contributed by atoms with Crippen molar-refractivity contribution < 1.29 is 5.11 Å². The van der Waals surface area contributed by atoms with E-state index < -0.39 is 0 Å². The summed E-state index contributed by atoms with van der Waals surface area (Å²) < 4.78 is 0. The molecule has 0 heterocycles. The fourth-order valence-electron chi connectivity index (χ4n) is 5.87. The van der Waals surface area contributed by atoms with Gasteiger partial charge in [0.25, 0.3) is 0 Å². The van der Waals surface area contributed by atoms with Gasteiger partial charge in [-0.1, -0.05) is 52.2 Å². The first-order valence-electron chi connectivity index (χ1n) is 9.08. The van der Waals surface area contributed by atoms with Gasteiger partial charge in [0, 0.05) is 0 Å². The van der Waals surface area contributed by atoms with Crippen LogP contribution in [0.5, 0.6) is 0 Å². The standard InChI is InChI=1S/C20H36O/c1-15(11-14-21)7-9-17-16(2)8-10-18-19(3,4)12-6-13-20(17,18)5/h11,16-18,21H,6-10,12-14H2,1-5H3/b15-11-/t16-,17-,18+,20+/m1/s1. The first kappa shape index (κ1) is 17.1. The number of allylic oxidation sites excluding steroid dienone is 1. The van der Waals surface area contributed by atoms with Crippen molar-refractivity contribution in [3.8, 4) is 0 Å². The summed E-state index contributed by atoms with van der Waals surface area (Å²) in [6.07, 6.45) is 11.6. The van der Waals surface area contributed by atoms with Crippen LogP contribution in [0.4, 0.5) is 0 Å². The minimum atomic E-state index is 0.193. The largest absolute Gasteiger partial charge is 0.392 e. The Morgan fingerprint density at radius 3 is 2.57 bits per heavy atom. The van der Waals surface area contributed by atoms with Crippen molar-refractivity contribution in [3.63, 3.8) is 0 Å². The summed E-state index contributed by atoms with van der Waals surface area (Å²) in [5.74, 6) is 2.63. The zero-order valence-corrected chi connectivity index (χ0v) is 14.9. The second kappa shape index (κ2) is 6.44. The summed E-state index contributed by atoms with van der Waals surface area (Å²) in [4.78, 5) is 0. The maximum absolute atomic E-state index is 9.06. The average molecular weight is 293 g/mol. The van der Waals surface area contributed by atoms with Gasteiger partial charge in [0.2, 0.25) is 0 Å². The van der Waals surface area contributed by atoms with Gasteiger partial charge in [-0.2, -0.15) is 0 Å². The highest BCUT2D eigenvalue weighted by Gasteiger charge is 2.53. The molecule has 2 saturated carbocycles. The summed E-state index contributed by atoms with van der Waals surface area (Å²) >= 11 is 0. The first-order valence-corrected chi connectivity index (χ1v) is 9.08. The normalized spacial score (nSPS) is 39.9. The maximum atomic E-state index is 9.06. The first-order chi connectivity index (χ1) is 9.81. The molecule has 0 spiro atoms. The van der Waals surface area contributed by atoms with Crippen LogP contribution in [0, 0.1) is 28.6 Å².